The maximum atomic E-state index is 12.8. The molecule has 6 heteroatoms. The second-order valence-electron chi connectivity index (χ2n) is 6.18. The lowest BCUT2D eigenvalue weighted by atomic mass is 10.1. The minimum Gasteiger partial charge on any atom is -0.337 e. The average Bonchev–Trinajstić information content (AvgIpc) is 3.17. The van der Waals surface area contributed by atoms with Crippen LogP contribution in [-0.2, 0) is 17.8 Å². The fourth-order valence-corrected chi connectivity index (χ4v) is 2.76. The third-order valence-corrected chi connectivity index (χ3v) is 4.10. The van der Waals surface area contributed by atoms with Gasteiger partial charge in [-0.2, -0.15) is 4.98 Å². The Morgan fingerprint density at radius 3 is 2.48 bits per heavy atom. The van der Waals surface area contributed by atoms with Crippen LogP contribution in [0.25, 0.3) is 11.4 Å². The number of nitrogens with two attached hydrogens (primary N) is 1. The Bertz CT molecular complexity index is 877. The molecule has 1 aromatic heterocycles. The summed E-state index contributed by atoms with van der Waals surface area (Å²) < 4.78 is 5.31. The van der Waals surface area contributed by atoms with Gasteiger partial charge >= 0.3 is 0 Å². The molecule has 1 heterocycles. The van der Waals surface area contributed by atoms with Gasteiger partial charge in [0.2, 0.25) is 17.6 Å². The molecule has 2 N–H and O–H groups in total. The van der Waals surface area contributed by atoms with Crippen molar-refractivity contribution in [1.82, 2.24) is 15.0 Å². The molecule has 0 aliphatic rings. The van der Waals surface area contributed by atoms with E-state index in [1.807, 2.05) is 60.7 Å². The van der Waals surface area contributed by atoms with Crippen molar-refractivity contribution in [1.29, 1.82) is 0 Å². The highest BCUT2D eigenvalue weighted by molar-refractivity contribution is 5.82. The number of amides is 1. The summed E-state index contributed by atoms with van der Waals surface area (Å²) in [6.45, 7) is 4.26. The molecule has 0 saturated carbocycles. The second-order valence-corrected chi connectivity index (χ2v) is 6.18. The van der Waals surface area contributed by atoms with Crippen LogP contribution < -0.4 is 5.73 Å². The molecule has 0 aliphatic heterocycles. The summed E-state index contributed by atoms with van der Waals surface area (Å²) in [6, 6.07) is 18.6. The first-order valence-electron chi connectivity index (χ1n) is 8.74. The molecule has 0 saturated heterocycles. The molecule has 3 aromatic rings. The zero-order valence-corrected chi connectivity index (χ0v) is 15.0. The number of hydrogen-bond donors (Lipinski definition) is 1. The van der Waals surface area contributed by atoms with Gasteiger partial charge in [0.15, 0.2) is 0 Å². The molecular formula is C21H22N4O2. The maximum Gasteiger partial charge on any atom is 0.246 e. The molecule has 0 spiro atoms. The van der Waals surface area contributed by atoms with Gasteiger partial charge < -0.3 is 15.2 Å². The Kier molecular flexibility index (Phi) is 6.12. The number of hydrogen-bond acceptors (Lipinski definition) is 5. The Labute approximate surface area is 158 Å². The van der Waals surface area contributed by atoms with E-state index in [0.29, 0.717) is 24.7 Å². The molecule has 0 fully saturated rings. The highest BCUT2D eigenvalue weighted by Crippen LogP contribution is 2.16. The molecule has 0 bridgehead atoms. The largest absolute Gasteiger partial charge is 0.337 e. The van der Waals surface area contributed by atoms with Gasteiger partial charge in [-0.3, -0.25) is 4.79 Å². The number of rotatable bonds is 8. The molecule has 27 heavy (non-hydrogen) atoms. The Hall–Kier alpha value is -3.25. The van der Waals surface area contributed by atoms with E-state index in [2.05, 4.69) is 16.7 Å². The van der Waals surface area contributed by atoms with Crippen LogP contribution in [0.4, 0.5) is 0 Å². The minimum absolute atomic E-state index is 0.182. The first-order chi connectivity index (χ1) is 13.2. The van der Waals surface area contributed by atoms with Gasteiger partial charge in [0, 0.05) is 12.1 Å². The zero-order chi connectivity index (χ0) is 19.1. The molecule has 2 aromatic carbocycles. The predicted molar refractivity (Wildman–Crippen MR) is 103 cm³/mol. The van der Waals surface area contributed by atoms with Crippen molar-refractivity contribution < 1.29 is 9.32 Å². The number of nitrogens with zero attached hydrogens (tertiary/aromatic N) is 3. The van der Waals surface area contributed by atoms with Crippen molar-refractivity contribution in [3.8, 4) is 11.4 Å². The summed E-state index contributed by atoms with van der Waals surface area (Å²) in [6.07, 6.45) is 2.12. The first kappa shape index (κ1) is 18.5. The van der Waals surface area contributed by atoms with Crippen LogP contribution in [0.1, 0.15) is 11.5 Å². The molecule has 0 radical (unpaired) electrons. The lowest BCUT2D eigenvalue weighted by Gasteiger charge is -2.23. The van der Waals surface area contributed by atoms with E-state index in [-0.39, 0.29) is 12.5 Å². The Morgan fingerprint density at radius 2 is 1.81 bits per heavy atom. The summed E-state index contributed by atoms with van der Waals surface area (Å²) in [5.74, 6) is 0.666. The number of carbonyl (C=O) groups excluding carboxylic acids is 1. The molecule has 138 valence electrons. The Morgan fingerprint density at radius 1 is 1.15 bits per heavy atom. The quantitative estimate of drug-likeness (QED) is 0.623. The number of benzene rings is 2. The van der Waals surface area contributed by atoms with Gasteiger partial charge in [0.05, 0.1) is 6.04 Å². The molecule has 3 rings (SSSR count). The standard InChI is InChI=1S/C21H22N4O2/c1-2-13-25(21(26)18(22)14-16-9-5-3-6-10-16)15-19-23-20(24-27-19)17-11-7-4-8-12-17/h2-12,18H,1,13-15,22H2/t18-/m1/s1. The van der Waals surface area contributed by atoms with Gasteiger partial charge in [-0.15, -0.1) is 6.58 Å². The fraction of sp³-hybridized carbons (Fsp3) is 0.190. The SMILES string of the molecule is C=CCN(Cc1nc(-c2ccccc2)no1)C(=O)[C@H](N)Cc1ccccc1. The lowest BCUT2D eigenvalue weighted by Crippen LogP contribution is -2.44. The minimum atomic E-state index is -0.649. The van der Waals surface area contributed by atoms with E-state index in [1.54, 1.807) is 11.0 Å². The van der Waals surface area contributed by atoms with Gasteiger partial charge in [-0.1, -0.05) is 71.9 Å². The average molecular weight is 362 g/mol. The van der Waals surface area contributed by atoms with Crippen molar-refractivity contribution in [3.63, 3.8) is 0 Å². The van der Waals surface area contributed by atoms with E-state index in [1.165, 1.54) is 0 Å². The maximum absolute atomic E-state index is 12.8. The number of aromatic nitrogens is 2. The molecule has 1 atom stereocenters. The van der Waals surface area contributed by atoms with E-state index in [9.17, 15) is 4.79 Å². The molecule has 0 unspecified atom stereocenters. The predicted octanol–water partition coefficient (Wildman–Crippen LogP) is 2.82. The van der Waals surface area contributed by atoms with Crippen molar-refractivity contribution in [3.05, 3.63) is 84.8 Å². The van der Waals surface area contributed by atoms with Crippen molar-refractivity contribution in [2.24, 2.45) is 5.73 Å². The highest BCUT2D eigenvalue weighted by Gasteiger charge is 2.23. The van der Waals surface area contributed by atoms with Crippen LogP contribution in [0, 0.1) is 0 Å². The van der Waals surface area contributed by atoms with E-state index in [4.69, 9.17) is 10.3 Å². The van der Waals surface area contributed by atoms with Crippen LogP contribution in [0.2, 0.25) is 0 Å². The van der Waals surface area contributed by atoms with E-state index in [0.717, 1.165) is 11.1 Å². The fourth-order valence-electron chi connectivity index (χ4n) is 2.76. The van der Waals surface area contributed by atoms with Crippen molar-refractivity contribution in [2.45, 2.75) is 19.0 Å². The highest BCUT2D eigenvalue weighted by atomic mass is 16.5. The third-order valence-electron chi connectivity index (χ3n) is 4.10. The normalized spacial score (nSPS) is 11.7. The first-order valence-corrected chi connectivity index (χ1v) is 8.74. The summed E-state index contributed by atoms with van der Waals surface area (Å²) in [4.78, 5) is 18.7. The van der Waals surface area contributed by atoms with Crippen LogP contribution in [0.15, 0.2) is 77.8 Å². The molecule has 0 aliphatic carbocycles. The van der Waals surface area contributed by atoms with Crippen molar-refractivity contribution in [2.75, 3.05) is 6.54 Å². The Balaban J connectivity index is 1.69. The second kappa shape index (κ2) is 8.91. The molecular weight excluding hydrogens is 340 g/mol. The van der Waals surface area contributed by atoms with Crippen LogP contribution in [-0.4, -0.2) is 33.5 Å². The molecule has 6 nitrogen and oxygen atoms in total. The van der Waals surface area contributed by atoms with E-state index >= 15 is 0 Å². The smallest absolute Gasteiger partial charge is 0.246 e. The monoisotopic (exact) mass is 362 g/mol. The third kappa shape index (κ3) is 4.89. The van der Waals surface area contributed by atoms with Gasteiger partial charge in [0.25, 0.3) is 0 Å². The van der Waals surface area contributed by atoms with Crippen LogP contribution in [0.3, 0.4) is 0 Å². The number of carbonyl (C=O) groups is 1. The molecule has 1 amide bonds. The van der Waals surface area contributed by atoms with Crippen LogP contribution >= 0.6 is 0 Å². The van der Waals surface area contributed by atoms with Crippen LogP contribution in [0.5, 0.6) is 0 Å². The van der Waals surface area contributed by atoms with Gasteiger partial charge in [-0.05, 0) is 12.0 Å². The van der Waals surface area contributed by atoms with Gasteiger partial charge in [-0.25, -0.2) is 0 Å². The summed E-state index contributed by atoms with van der Waals surface area (Å²) in [5.41, 5.74) is 8.01. The summed E-state index contributed by atoms with van der Waals surface area (Å²) >= 11 is 0. The summed E-state index contributed by atoms with van der Waals surface area (Å²) in [7, 11) is 0. The van der Waals surface area contributed by atoms with Crippen molar-refractivity contribution >= 4 is 5.91 Å². The van der Waals surface area contributed by atoms with Gasteiger partial charge in [0.1, 0.15) is 6.54 Å². The zero-order valence-electron chi connectivity index (χ0n) is 15.0. The topological polar surface area (TPSA) is 85.2 Å². The van der Waals surface area contributed by atoms with E-state index < -0.39 is 6.04 Å². The lowest BCUT2D eigenvalue weighted by molar-refractivity contribution is -0.133. The summed E-state index contributed by atoms with van der Waals surface area (Å²) in [5, 5.41) is 3.99.